The van der Waals surface area contributed by atoms with Crippen molar-refractivity contribution in [3.63, 3.8) is 0 Å². The lowest BCUT2D eigenvalue weighted by atomic mass is 9.43. The molecule has 7 aliphatic rings. The van der Waals surface area contributed by atoms with Crippen molar-refractivity contribution in [2.24, 2.45) is 23.7 Å². The normalized spacial score (nSPS) is 31.2. The van der Waals surface area contributed by atoms with Crippen LogP contribution in [0.25, 0.3) is 33.4 Å². The van der Waals surface area contributed by atoms with E-state index in [9.17, 15) is 0 Å². The second-order valence-corrected chi connectivity index (χ2v) is 21.6. The Morgan fingerprint density at radius 2 is 1.20 bits per heavy atom. The molecule has 4 aromatic rings. The third kappa shape index (κ3) is 3.46. The van der Waals surface area contributed by atoms with Crippen molar-refractivity contribution >= 4 is 31.0 Å². The van der Waals surface area contributed by atoms with E-state index >= 15 is 0 Å². The van der Waals surface area contributed by atoms with Crippen molar-refractivity contribution in [3.8, 4) is 33.4 Å². The van der Waals surface area contributed by atoms with Crippen LogP contribution in [0.15, 0.2) is 78.9 Å². The summed E-state index contributed by atoms with van der Waals surface area (Å²) in [6, 6.07) is 31.3. The first-order chi connectivity index (χ1) is 22.0. The predicted octanol–water partition coefficient (Wildman–Crippen LogP) is 8.18. The van der Waals surface area contributed by atoms with Crippen molar-refractivity contribution in [2.75, 3.05) is 0 Å². The Kier molecular flexibility index (Phi) is 5.47. The van der Waals surface area contributed by atoms with Gasteiger partial charge in [-0.05, 0) is 150 Å². The van der Waals surface area contributed by atoms with Gasteiger partial charge >= 0.3 is 7.12 Å². The zero-order valence-corrected chi connectivity index (χ0v) is 29.2. The average molecular weight is 621 g/mol. The summed E-state index contributed by atoms with van der Waals surface area (Å²) in [7, 11) is -2.08. The number of rotatable bonds is 2. The summed E-state index contributed by atoms with van der Waals surface area (Å²) in [5.41, 5.74) is 12.3. The highest BCUT2D eigenvalue weighted by molar-refractivity contribution is 7.03. The Morgan fingerprint density at radius 3 is 1.89 bits per heavy atom. The Morgan fingerprint density at radius 1 is 0.587 bits per heavy atom. The van der Waals surface area contributed by atoms with Gasteiger partial charge in [0.15, 0.2) is 0 Å². The summed E-state index contributed by atoms with van der Waals surface area (Å²) in [6.07, 6.45) is 7.05. The maximum Gasteiger partial charge on any atom is 0.494 e. The van der Waals surface area contributed by atoms with Gasteiger partial charge in [-0.25, -0.2) is 0 Å². The third-order valence-electron chi connectivity index (χ3n) is 14.1. The van der Waals surface area contributed by atoms with Crippen LogP contribution < -0.4 is 15.8 Å². The zero-order chi connectivity index (χ0) is 31.4. The molecule has 1 spiro atoms. The van der Waals surface area contributed by atoms with Crippen LogP contribution in [-0.2, 0) is 14.7 Å². The van der Waals surface area contributed by atoms with Gasteiger partial charge in [-0.2, -0.15) is 0 Å². The van der Waals surface area contributed by atoms with E-state index in [1.807, 2.05) is 0 Å². The summed E-state index contributed by atoms with van der Waals surface area (Å²) in [6.45, 7) is 13.7. The van der Waals surface area contributed by atoms with Crippen molar-refractivity contribution in [2.45, 2.75) is 89.5 Å². The smallest absolute Gasteiger partial charge is 0.399 e. The van der Waals surface area contributed by atoms with E-state index in [2.05, 4.69) is 120 Å². The standard InChI is InChI=1S/C42H45BO2Si/c1-40(2)41(3,4)45-43(44-40)31-13-16-36-35(24-31)32-14-11-27(22-37(32)42(36)29-18-25-17-26(20-29)21-30(42)19-25)28-12-15-34-33-9-7-8-10-38(33)46(5,6)39(34)23-28/h7-16,22-26,29-30H,17-21H2,1-6H3. The molecule has 232 valence electrons. The fraction of sp³-hybridized carbons (Fsp3) is 0.429. The van der Waals surface area contributed by atoms with Gasteiger partial charge in [-0.15, -0.1) is 0 Å². The van der Waals surface area contributed by atoms with E-state index in [1.54, 1.807) is 21.5 Å². The molecule has 0 aromatic heterocycles. The quantitative estimate of drug-likeness (QED) is 0.211. The lowest BCUT2D eigenvalue weighted by molar-refractivity contribution is -0.0399. The SMILES string of the molecule is CC1(C)OB(c2ccc3c(c2)-c2ccc(-c4ccc5c(c4)[Si](C)(C)c4ccccc4-5)cc2C32C3CC4CC(C3)CC2C4)OC1(C)C. The molecule has 4 bridgehead atoms. The first-order valence-corrected chi connectivity index (χ1v) is 20.9. The van der Waals surface area contributed by atoms with Gasteiger partial charge in [-0.1, -0.05) is 85.9 Å². The molecule has 0 unspecified atom stereocenters. The van der Waals surface area contributed by atoms with Gasteiger partial charge < -0.3 is 9.31 Å². The molecule has 4 saturated carbocycles. The summed E-state index contributed by atoms with van der Waals surface area (Å²) in [4.78, 5) is 0. The van der Waals surface area contributed by atoms with Gasteiger partial charge in [0.25, 0.3) is 0 Å². The molecule has 1 saturated heterocycles. The molecule has 0 atom stereocenters. The van der Waals surface area contributed by atoms with Gasteiger partial charge in [0.1, 0.15) is 8.07 Å². The monoisotopic (exact) mass is 620 g/mol. The van der Waals surface area contributed by atoms with Crippen LogP contribution in [0.1, 0.15) is 70.9 Å². The highest BCUT2D eigenvalue weighted by atomic mass is 28.3. The molecule has 2 nitrogen and oxygen atoms in total. The minimum absolute atomic E-state index is 0.129. The summed E-state index contributed by atoms with van der Waals surface area (Å²) in [5.74, 6) is 3.34. The van der Waals surface area contributed by atoms with Crippen LogP contribution in [0.5, 0.6) is 0 Å². The maximum atomic E-state index is 6.56. The topological polar surface area (TPSA) is 18.5 Å². The van der Waals surface area contributed by atoms with E-state index in [-0.39, 0.29) is 23.7 Å². The maximum absolute atomic E-state index is 6.56. The molecule has 4 aromatic carbocycles. The minimum Gasteiger partial charge on any atom is -0.399 e. The van der Waals surface area contributed by atoms with E-state index in [0.29, 0.717) is 0 Å². The first-order valence-electron chi connectivity index (χ1n) is 17.9. The van der Waals surface area contributed by atoms with Gasteiger partial charge in [0.2, 0.25) is 0 Å². The van der Waals surface area contributed by atoms with E-state index in [4.69, 9.17) is 9.31 Å². The van der Waals surface area contributed by atoms with Crippen LogP contribution in [0, 0.1) is 23.7 Å². The predicted molar refractivity (Wildman–Crippen MR) is 193 cm³/mol. The summed E-state index contributed by atoms with van der Waals surface area (Å²) in [5, 5.41) is 3.17. The highest BCUT2D eigenvalue weighted by Crippen LogP contribution is 2.69. The van der Waals surface area contributed by atoms with Gasteiger partial charge in [-0.3, -0.25) is 0 Å². The van der Waals surface area contributed by atoms with E-state index in [0.717, 1.165) is 29.1 Å². The lowest BCUT2D eigenvalue weighted by Gasteiger charge is -2.61. The highest BCUT2D eigenvalue weighted by Gasteiger charge is 2.62. The van der Waals surface area contributed by atoms with Crippen LogP contribution in [0.4, 0.5) is 0 Å². The second-order valence-electron chi connectivity index (χ2n) is 17.3. The molecular formula is C42H45BO2Si. The molecule has 46 heavy (non-hydrogen) atoms. The zero-order valence-electron chi connectivity index (χ0n) is 28.2. The Balaban J connectivity index is 1.13. The van der Waals surface area contributed by atoms with Crippen LogP contribution in [0.2, 0.25) is 13.1 Å². The van der Waals surface area contributed by atoms with Crippen molar-refractivity contribution in [1.82, 2.24) is 0 Å². The molecule has 11 rings (SSSR count). The molecule has 0 amide bonds. The second kappa shape index (κ2) is 8.95. The number of benzene rings is 4. The third-order valence-corrected chi connectivity index (χ3v) is 17.7. The Hall–Kier alpha value is -2.92. The molecular weight excluding hydrogens is 575 g/mol. The fourth-order valence-electron chi connectivity index (χ4n) is 11.4. The van der Waals surface area contributed by atoms with Crippen molar-refractivity contribution < 1.29 is 9.31 Å². The van der Waals surface area contributed by atoms with E-state index in [1.165, 1.54) is 65.5 Å². The summed E-state index contributed by atoms with van der Waals surface area (Å²) >= 11 is 0. The largest absolute Gasteiger partial charge is 0.494 e. The number of hydrogen-bond donors (Lipinski definition) is 0. The lowest BCUT2D eigenvalue weighted by Crippen LogP contribution is -2.55. The van der Waals surface area contributed by atoms with Crippen LogP contribution >= 0.6 is 0 Å². The van der Waals surface area contributed by atoms with Crippen molar-refractivity contribution in [1.29, 1.82) is 0 Å². The van der Waals surface area contributed by atoms with Gasteiger partial charge in [0, 0.05) is 5.41 Å². The molecule has 5 aliphatic carbocycles. The Bertz CT molecular complexity index is 1930. The van der Waals surface area contributed by atoms with E-state index < -0.39 is 8.07 Å². The molecule has 0 radical (unpaired) electrons. The Labute approximate surface area is 276 Å². The number of hydrogen-bond acceptors (Lipinski definition) is 2. The molecule has 2 heterocycles. The summed E-state index contributed by atoms with van der Waals surface area (Å²) < 4.78 is 13.1. The van der Waals surface area contributed by atoms with Crippen LogP contribution in [-0.4, -0.2) is 26.4 Å². The average Bonchev–Trinajstić information content (AvgIpc) is 3.54. The minimum atomic E-state index is -1.74. The molecule has 4 heteroatoms. The van der Waals surface area contributed by atoms with Gasteiger partial charge in [0.05, 0.1) is 11.2 Å². The first kappa shape index (κ1) is 28.1. The number of fused-ring (bicyclic) bond motifs is 6. The fourth-order valence-corrected chi connectivity index (χ4v) is 14.5. The molecule has 5 fully saturated rings. The van der Waals surface area contributed by atoms with Crippen molar-refractivity contribution in [3.05, 3.63) is 90.0 Å². The molecule has 0 N–H and O–H groups in total. The molecule has 2 aliphatic heterocycles. The van der Waals surface area contributed by atoms with Crippen LogP contribution in [0.3, 0.4) is 0 Å².